The highest BCUT2D eigenvalue weighted by atomic mass is 35.5. The zero-order valence-corrected chi connectivity index (χ0v) is 27.0. The van der Waals surface area contributed by atoms with E-state index in [2.05, 4.69) is 47.3 Å². The van der Waals surface area contributed by atoms with Gasteiger partial charge in [0.25, 0.3) is 0 Å². The van der Waals surface area contributed by atoms with Gasteiger partial charge in [-0.15, -0.1) is 6.42 Å². The molecule has 0 N–H and O–H groups in total. The summed E-state index contributed by atoms with van der Waals surface area (Å²) in [6.45, 7) is 12.7. The molecule has 0 saturated carbocycles. The molecule has 4 aliphatic rings. The minimum absolute atomic E-state index is 0.430. The lowest BCUT2D eigenvalue weighted by Gasteiger charge is -2.27. The minimum Gasteiger partial charge on any atom is -0.378 e. The predicted octanol–water partition coefficient (Wildman–Crippen LogP) is 4.96. The average molecular weight is 648 g/mol. The van der Waals surface area contributed by atoms with Crippen molar-refractivity contribution in [2.75, 3.05) is 102 Å². The molecule has 4 fully saturated rings. The van der Waals surface area contributed by atoms with Gasteiger partial charge in [0.05, 0.1) is 39.5 Å². The van der Waals surface area contributed by atoms with Crippen LogP contribution in [0.1, 0.15) is 31.4 Å². The van der Waals surface area contributed by atoms with E-state index in [-0.39, 0.29) is 0 Å². The van der Waals surface area contributed by atoms with Crippen LogP contribution >= 0.6 is 34.8 Å². The normalized spacial score (nSPS) is 18.9. The lowest BCUT2D eigenvalue weighted by molar-refractivity contribution is 0.122. The highest BCUT2D eigenvalue weighted by Crippen LogP contribution is 2.22. The fourth-order valence-corrected chi connectivity index (χ4v) is 5.82. The van der Waals surface area contributed by atoms with E-state index in [0.717, 1.165) is 96.1 Å². The lowest BCUT2D eigenvalue weighted by atomic mass is 10.3. The average Bonchev–Trinajstić information content (AvgIpc) is 3.73. The molecule has 0 spiro atoms. The van der Waals surface area contributed by atoms with Gasteiger partial charge in [0.15, 0.2) is 0 Å². The van der Waals surface area contributed by atoms with Crippen molar-refractivity contribution in [1.82, 2.24) is 19.8 Å². The second kappa shape index (κ2) is 18.5. The van der Waals surface area contributed by atoms with Gasteiger partial charge in [-0.05, 0) is 82.0 Å². The molecule has 232 valence electrons. The van der Waals surface area contributed by atoms with Crippen LogP contribution in [0, 0.1) is 24.2 Å². The van der Waals surface area contributed by atoms with E-state index in [1.54, 1.807) is 6.07 Å². The van der Waals surface area contributed by atoms with Gasteiger partial charge in [-0.25, -0.2) is 9.97 Å². The Hall–Kier alpha value is -2.27. The maximum absolute atomic E-state index is 6.20. The van der Waals surface area contributed by atoms with E-state index >= 15 is 0 Å². The van der Waals surface area contributed by atoms with Crippen LogP contribution in [0.2, 0.25) is 15.2 Å². The first-order chi connectivity index (χ1) is 21.0. The summed E-state index contributed by atoms with van der Waals surface area (Å²) in [7, 11) is 0. The van der Waals surface area contributed by atoms with Crippen LogP contribution in [0.5, 0.6) is 0 Å². The van der Waals surface area contributed by atoms with Crippen molar-refractivity contribution in [3.63, 3.8) is 0 Å². The number of morpholine rings is 2. The molecule has 6 rings (SSSR count). The molecule has 0 unspecified atom stereocenters. The maximum Gasteiger partial charge on any atom is 0.132 e. The molecule has 8 nitrogen and oxygen atoms in total. The fourth-order valence-electron chi connectivity index (χ4n) is 5.16. The topological polar surface area (TPSA) is 57.2 Å². The van der Waals surface area contributed by atoms with E-state index < -0.39 is 0 Å². The van der Waals surface area contributed by atoms with Crippen LogP contribution in [-0.4, -0.2) is 112 Å². The highest BCUT2D eigenvalue weighted by molar-refractivity contribution is 6.34. The summed E-state index contributed by atoms with van der Waals surface area (Å²) in [6.07, 6.45) is 10.4. The Morgan fingerprint density at radius 3 is 1.65 bits per heavy atom. The Bertz CT molecular complexity index is 1220. The lowest BCUT2D eigenvalue weighted by Crippen LogP contribution is -2.36. The highest BCUT2D eigenvalue weighted by Gasteiger charge is 2.15. The summed E-state index contributed by atoms with van der Waals surface area (Å²) in [5, 5.41) is 1.74. The molecule has 2 aromatic heterocycles. The summed E-state index contributed by atoms with van der Waals surface area (Å²) < 4.78 is 10.6. The number of hydrogen-bond acceptors (Lipinski definition) is 8. The molecule has 0 aliphatic carbocycles. The number of nitrogens with zero attached hydrogens (tertiary/aromatic N) is 6. The summed E-state index contributed by atoms with van der Waals surface area (Å²) in [4.78, 5) is 17.8. The molecular weight excluding hydrogens is 607 g/mol. The van der Waals surface area contributed by atoms with Gasteiger partial charge in [-0.3, -0.25) is 9.80 Å². The first kappa shape index (κ1) is 33.6. The number of terminal acetylenes is 1. The van der Waals surface area contributed by atoms with Crippen LogP contribution in [0.4, 0.5) is 11.6 Å². The molecule has 4 aliphatic heterocycles. The van der Waals surface area contributed by atoms with Crippen LogP contribution in [0.3, 0.4) is 0 Å². The number of pyridine rings is 2. The van der Waals surface area contributed by atoms with Gasteiger partial charge >= 0.3 is 0 Å². The number of aromatic nitrogens is 2. The van der Waals surface area contributed by atoms with Crippen molar-refractivity contribution in [2.24, 2.45) is 0 Å². The van der Waals surface area contributed by atoms with Crippen molar-refractivity contribution in [1.29, 1.82) is 0 Å². The van der Waals surface area contributed by atoms with Crippen LogP contribution < -0.4 is 9.80 Å². The summed E-state index contributed by atoms with van der Waals surface area (Å²) in [6, 6.07) is 7.19. The number of rotatable bonds is 4. The van der Waals surface area contributed by atoms with Crippen molar-refractivity contribution >= 4 is 46.4 Å². The third kappa shape index (κ3) is 12.0. The molecule has 0 radical (unpaired) electrons. The Morgan fingerprint density at radius 2 is 1.14 bits per heavy atom. The molecule has 6 heterocycles. The van der Waals surface area contributed by atoms with Crippen molar-refractivity contribution in [2.45, 2.75) is 25.7 Å². The first-order valence-electron chi connectivity index (χ1n) is 15.0. The third-order valence-electron chi connectivity index (χ3n) is 7.42. The number of anilines is 2. The Kier molecular flexibility index (Phi) is 14.5. The van der Waals surface area contributed by atoms with Gasteiger partial charge in [-0.1, -0.05) is 46.6 Å². The fraction of sp³-hybridized carbons (Fsp3) is 0.562. The summed E-state index contributed by atoms with van der Waals surface area (Å²) in [5.41, 5.74) is 0.753. The van der Waals surface area contributed by atoms with Gasteiger partial charge in [-0.2, -0.15) is 0 Å². The standard InChI is InChI=1S/C16H20ClN3O.C9H10Cl2N2O.C7H11N/c17-14-12-15(4-3-7-19-5-1-2-6-19)18-16(13-14)20-8-10-21-11-9-20;10-7-5-8(11)12-9(6-7)13-1-3-14-4-2-13;1-2-5-8-6-3-4-7-8/h12-13H,1-2,5-11H2;5-6H,1-4H2;1H,3-7H2. The maximum atomic E-state index is 6.20. The molecule has 2 aromatic rings. The zero-order chi connectivity index (χ0) is 30.3. The van der Waals surface area contributed by atoms with E-state index in [1.165, 1.54) is 38.8 Å². The van der Waals surface area contributed by atoms with E-state index in [4.69, 9.17) is 50.7 Å². The molecule has 0 aromatic carbocycles. The van der Waals surface area contributed by atoms with E-state index in [9.17, 15) is 0 Å². The van der Waals surface area contributed by atoms with Crippen molar-refractivity contribution in [3.05, 3.63) is 45.2 Å². The summed E-state index contributed by atoms with van der Waals surface area (Å²) >= 11 is 17.9. The molecule has 43 heavy (non-hydrogen) atoms. The largest absolute Gasteiger partial charge is 0.378 e. The second-order valence-electron chi connectivity index (χ2n) is 10.7. The van der Waals surface area contributed by atoms with Crippen molar-refractivity contribution < 1.29 is 9.47 Å². The minimum atomic E-state index is 0.430. The molecule has 4 saturated heterocycles. The zero-order valence-electron chi connectivity index (χ0n) is 24.7. The number of halogens is 3. The van der Waals surface area contributed by atoms with Crippen molar-refractivity contribution in [3.8, 4) is 24.2 Å². The molecular formula is C32H41Cl3N6O2. The Balaban J connectivity index is 0.000000165. The quantitative estimate of drug-likeness (QED) is 0.341. The monoisotopic (exact) mass is 646 g/mol. The van der Waals surface area contributed by atoms with Gasteiger partial charge in [0.2, 0.25) is 0 Å². The second-order valence-corrected chi connectivity index (χ2v) is 11.9. The molecule has 0 amide bonds. The Morgan fingerprint density at radius 1 is 0.651 bits per heavy atom. The number of likely N-dealkylation sites (tertiary alicyclic amines) is 2. The SMILES string of the molecule is C#CCN1CCCC1.Clc1cc(C#CCN2CCCC2)nc(N2CCOCC2)c1.Clc1cc(Cl)nc(N2CCOCC2)c1. The Labute approximate surface area is 271 Å². The molecule has 11 heteroatoms. The molecule has 0 bridgehead atoms. The van der Waals surface area contributed by atoms with Gasteiger partial charge < -0.3 is 19.3 Å². The van der Waals surface area contributed by atoms with Crippen LogP contribution in [0.25, 0.3) is 0 Å². The summed E-state index contributed by atoms with van der Waals surface area (Å²) in [5.74, 6) is 10.7. The number of hydrogen-bond donors (Lipinski definition) is 0. The number of ether oxygens (including phenoxy) is 2. The first-order valence-corrected chi connectivity index (χ1v) is 16.2. The van der Waals surface area contributed by atoms with Crippen LogP contribution in [0.15, 0.2) is 24.3 Å². The molecule has 0 atom stereocenters. The third-order valence-corrected chi connectivity index (χ3v) is 8.05. The smallest absolute Gasteiger partial charge is 0.132 e. The van der Waals surface area contributed by atoms with E-state index in [1.807, 2.05) is 18.2 Å². The van der Waals surface area contributed by atoms with Crippen LogP contribution in [-0.2, 0) is 9.47 Å². The predicted molar refractivity (Wildman–Crippen MR) is 177 cm³/mol. The van der Waals surface area contributed by atoms with Gasteiger partial charge in [0.1, 0.15) is 22.5 Å². The van der Waals surface area contributed by atoms with Gasteiger partial charge in [0, 0.05) is 36.2 Å². The van der Waals surface area contributed by atoms with E-state index in [0.29, 0.717) is 15.2 Å².